The predicted octanol–water partition coefficient (Wildman–Crippen LogP) is -1.47. The number of hydrogen-bond acceptors (Lipinski definition) is 3. The van der Waals surface area contributed by atoms with Crippen molar-refractivity contribution in [1.29, 1.82) is 0 Å². The zero-order chi connectivity index (χ0) is 6.85. The Balaban J connectivity index is 0.000000810. The van der Waals surface area contributed by atoms with Crippen LogP contribution in [0.2, 0.25) is 0 Å². The van der Waals surface area contributed by atoms with Crippen LogP contribution >= 0.6 is 12.2 Å². The van der Waals surface area contributed by atoms with E-state index in [0.717, 1.165) is 0 Å². The van der Waals surface area contributed by atoms with E-state index in [1.165, 1.54) is 0 Å². The molecular weight excluding hydrogens is 163 g/mol. The van der Waals surface area contributed by atoms with E-state index in [2.05, 4.69) is 22.9 Å². The molecule has 49 valence electrons. The summed E-state index contributed by atoms with van der Waals surface area (Å²) in [5.41, 5.74) is 0. The van der Waals surface area contributed by atoms with Gasteiger partial charge in [-0.15, -0.1) is 0 Å². The fourth-order valence-corrected chi connectivity index (χ4v) is 0.746. The van der Waals surface area contributed by atoms with E-state index in [1.54, 1.807) is 0 Å². The molecular formula is C4H4N2NaO2S. The van der Waals surface area contributed by atoms with E-state index < -0.39 is 0 Å². The molecule has 2 N–H and O–H groups in total. The van der Waals surface area contributed by atoms with Crippen LogP contribution in [0, 0.1) is 0 Å². The first-order valence-electron chi connectivity index (χ1n) is 2.32. The van der Waals surface area contributed by atoms with Gasteiger partial charge in [-0.1, -0.05) is 0 Å². The Morgan fingerprint density at radius 3 is 1.90 bits per heavy atom. The molecule has 1 heterocycles. The Hall–Kier alpha value is 0.0300. The van der Waals surface area contributed by atoms with Crippen LogP contribution in [0.4, 0.5) is 0 Å². The topological polar surface area (TPSA) is 58.2 Å². The minimum Gasteiger partial charge on any atom is -0.302 e. The summed E-state index contributed by atoms with van der Waals surface area (Å²) in [5, 5.41) is 4.63. The monoisotopic (exact) mass is 167 g/mol. The van der Waals surface area contributed by atoms with Gasteiger partial charge in [0.2, 0.25) is 11.8 Å². The molecule has 10 heavy (non-hydrogen) atoms. The molecule has 1 radical (unpaired) electrons. The third kappa shape index (κ3) is 2.74. The summed E-state index contributed by atoms with van der Waals surface area (Å²) in [6.45, 7) is 0. The Morgan fingerprint density at radius 1 is 1.20 bits per heavy atom. The van der Waals surface area contributed by atoms with Gasteiger partial charge in [0.1, 0.15) is 6.42 Å². The molecule has 0 aromatic heterocycles. The average Bonchev–Trinajstić information content (AvgIpc) is 1.59. The molecule has 1 saturated heterocycles. The minimum absolute atomic E-state index is 0. The minimum atomic E-state index is -0.344. The smallest absolute Gasteiger partial charge is 0.235 e. The fourth-order valence-electron chi connectivity index (χ4n) is 0.519. The van der Waals surface area contributed by atoms with Gasteiger partial charge in [0.05, 0.1) is 0 Å². The van der Waals surface area contributed by atoms with E-state index in [4.69, 9.17) is 0 Å². The molecule has 1 rings (SSSR count). The maximum atomic E-state index is 10.4. The third-order valence-electron chi connectivity index (χ3n) is 0.827. The number of carbonyl (C=O) groups is 2. The molecule has 1 aliphatic rings. The predicted molar refractivity (Wildman–Crippen MR) is 39.3 cm³/mol. The van der Waals surface area contributed by atoms with E-state index in [9.17, 15) is 9.59 Å². The van der Waals surface area contributed by atoms with Gasteiger partial charge >= 0.3 is 0 Å². The average molecular weight is 167 g/mol. The largest absolute Gasteiger partial charge is 0.302 e. The van der Waals surface area contributed by atoms with E-state index in [0.29, 0.717) is 0 Å². The van der Waals surface area contributed by atoms with Crippen LogP contribution in [0.1, 0.15) is 6.42 Å². The van der Waals surface area contributed by atoms with Crippen LogP contribution in [-0.4, -0.2) is 46.5 Å². The zero-order valence-corrected chi connectivity index (χ0v) is 8.25. The third-order valence-corrected chi connectivity index (χ3v) is 1.03. The Kier molecular flexibility index (Phi) is 4.04. The first-order valence-corrected chi connectivity index (χ1v) is 2.73. The van der Waals surface area contributed by atoms with Crippen molar-refractivity contribution in [3.8, 4) is 0 Å². The van der Waals surface area contributed by atoms with Crippen molar-refractivity contribution in [1.82, 2.24) is 10.6 Å². The van der Waals surface area contributed by atoms with Gasteiger partial charge in [-0.2, -0.15) is 0 Å². The summed E-state index contributed by atoms with van der Waals surface area (Å²) < 4.78 is 0. The van der Waals surface area contributed by atoms with Crippen molar-refractivity contribution < 1.29 is 9.59 Å². The van der Waals surface area contributed by atoms with Gasteiger partial charge in [-0.3, -0.25) is 9.59 Å². The quantitative estimate of drug-likeness (QED) is 0.263. The number of carbonyl (C=O) groups excluding carboxylic acids is 2. The molecule has 0 saturated carbocycles. The van der Waals surface area contributed by atoms with Gasteiger partial charge in [-0.05, 0) is 12.2 Å². The van der Waals surface area contributed by atoms with Crippen LogP contribution in [0.25, 0.3) is 0 Å². The second-order valence-corrected chi connectivity index (χ2v) is 2.01. The molecule has 0 aliphatic carbocycles. The molecule has 0 unspecified atom stereocenters. The maximum Gasteiger partial charge on any atom is 0.235 e. The Bertz CT molecular complexity index is 148. The summed E-state index contributed by atoms with van der Waals surface area (Å²) in [6.07, 6.45) is -0.125. The van der Waals surface area contributed by atoms with Crippen molar-refractivity contribution in [2.24, 2.45) is 0 Å². The van der Waals surface area contributed by atoms with Crippen molar-refractivity contribution in [2.75, 3.05) is 0 Å². The number of amides is 2. The second-order valence-electron chi connectivity index (χ2n) is 1.60. The number of hydrogen-bond donors (Lipinski definition) is 2. The van der Waals surface area contributed by atoms with Gasteiger partial charge in [0.25, 0.3) is 0 Å². The van der Waals surface area contributed by atoms with Crippen LogP contribution < -0.4 is 10.6 Å². The zero-order valence-electron chi connectivity index (χ0n) is 5.43. The van der Waals surface area contributed by atoms with Gasteiger partial charge in [-0.25, -0.2) is 0 Å². The molecule has 6 heteroatoms. The molecule has 0 bridgehead atoms. The van der Waals surface area contributed by atoms with Crippen LogP contribution in [0.15, 0.2) is 0 Å². The SMILES string of the molecule is O=C1CC(=O)NC(=S)N1.[Na]. The molecule has 0 spiro atoms. The maximum absolute atomic E-state index is 10.4. The van der Waals surface area contributed by atoms with Crippen molar-refractivity contribution in [3.05, 3.63) is 0 Å². The molecule has 1 fully saturated rings. The molecule has 2 amide bonds. The summed E-state index contributed by atoms with van der Waals surface area (Å²) >= 11 is 4.50. The second kappa shape index (κ2) is 4.02. The van der Waals surface area contributed by atoms with Gasteiger partial charge in [0.15, 0.2) is 5.11 Å². The van der Waals surface area contributed by atoms with E-state index >= 15 is 0 Å². The fraction of sp³-hybridized carbons (Fsp3) is 0.250. The normalized spacial score (nSPS) is 17.0. The number of thiocarbonyl (C=S) groups is 1. The summed E-state index contributed by atoms with van der Waals surface area (Å²) in [4.78, 5) is 20.8. The molecule has 0 aromatic rings. The van der Waals surface area contributed by atoms with Crippen LogP contribution in [0.5, 0.6) is 0 Å². The first kappa shape index (κ1) is 10.0. The standard InChI is InChI=1S/C4H4N2O2S.Na/c7-2-1-3(8)6-4(9)5-2;/h1H2,(H2,5,6,7,8,9);. The van der Waals surface area contributed by atoms with Gasteiger partial charge in [0, 0.05) is 29.6 Å². The molecule has 0 atom stereocenters. The van der Waals surface area contributed by atoms with Crippen LogP contribution in [0.3, 0.4) is 0 Å². The van der Waals surface area contributed by atoms with E-state index in [1.807, 2.05) is 0 Å². The summed E-state index contributed by atoms with van der Waals surface area (Å²) in [5.74, 6) is -0.687. The molecule has 4 nitrogen and oxygen atoms in total. The Morgan fingerprint density at radius 2 is 1.60 bits per heavy atom. The molecule has 0 aromatic carbocycles. The van der Waals surface area contributed by atoms with Crippen molar-refractivity contribution in [2.45, 2.75) is 6.42 Å². The first-order chi connectivity index (χ1) is 4.18. The van der Waals surface area contributed by atoms with E-state index in [-0.39, 0.29) is 52.9 Å². The number of nitrogens with one attached hydrogen (secondary N) is 2. The van der Waals surface area contributed by atoms with Crippen molar-refractivity contribution in [3.63, 3.8) is 0 Å². The van der Waals surface area contributed by atoms with Gasteiger partial charge < -0.3 is 10.6 Å². The van der Waals surface area contributed by atoms with Crippen LogP contribution in [-0.2, 0) is 9.59 Å². The Labute approximate surface area is 85.0 Å². The molecule has 1 aliphatic heterocycles. The summed E-state index contributed by atoms with van der Waals surface area (Å²) in [7, 11) is 0. The van der Waals surface area contributed by atoms with Crippen molar-refractivity contribution >= 4 is 58.7 Å². The number of rotatable bonds is 0. The summed E-state index contributed by atoms with van der Waals surface area (Å²) in [6, 6.07) is 0.